The number of nitrogens with one attached hydrogen (secondary N) is 2. The van der Waals surface area contributed by atoms with E-state index in [1.165, 1.54) is 0 Å². The number of hydrogen-bond acceptors (Lipinski definition) is 4. The highest BCUT2D eigenvalue weighted by atomic mass is 35.5. The molecule has 0 atom stereocenters. The molecule has 1 aromatic carbocycles. The zero-order valence-electron chi connectivity index (χ0n) is 17.1. The SMILES string of the molecule is CNCCC1CCN(C(=O)CCNS(=O)(=O)c2ccc(C(C)C)cc2)CC1.Cl. The summed E-state index contributed by atoms with van der Waals surface area (Å²) in [5, 5.41) is 3.17. The molecule has 28 heavy (non-hydrogen) atoms. The molecule has 1 aliphatic heterocycles. The number of halogens is 1. The van der Waals surface area contributed by atoms with E-state index < -0.39 is 10.0 Å². The standard InChI is InChI=1S/C20H33N3O3S.ClH/c1-16(2)18-4-6-19(7-5-18)27(25,26)22-13-9-20(24)23-14-10-17(11-15-23)8-12-21-3;/h4-7,16-17,21-22H,8-15H2,1-3H3;1H. The van der Waals surface area contributed by atoms with Gasteiger partial charge in [-0.05, 0) is 62.4 Å². The first kappa shape index (κ1) is 24.9. The number of benzene rings is 1. The lowest BCUT2D eigenvalue weighted by atomic mass is 9.93. The van der Waals surface area contributed by atoms with Crippen LogP contribution in [0.1, 0.15) is 51.0 Å². The Labute approximate surface area is 175 Å². The molecule has 1 aromatic rings. The van der Waals surface area contributed by atoms with Crippen molar-refractivity contribution >= 4 is 28.3 Å². The number of carbonyl (C=O) groups excluding carboxylic acids is 1. The van der Waals surface area contributed by atoms with E-state index in [4.69, 9.17) is 0 Å². The van der Waals surface area contributed by atoms with Crippen molar-refractivity contribution in [3.8, 4) is 0 Å². The summed E-state index contributed by atoms with van der Waals surface area (Å²) >= 11 is 0. The van der Waals surface area contributed by atoms with Crippen LogP contribution in [0.2, 0.25) is 0 Å². The van der Waals surface area contributed by atoms with Gasteiger partial charge in [0.2, 0.25) is 15.9 Å². The summed E-state index contributed by atoms with van der Waals surface area (Å²) < 4.78 is 27.3. The van der Waals surface area contributed by atoms with Gasteiger partial charge in [-0.1, -0.05) is 26.0 Å². The third kappa shape index (κ3) is 7.35. The molecule has 1 fully saturated rings. The fraction of sp³-hybridized carbons (Fsp3) is 0.650. The maximum Gasteiger partial charge on any atom is 0.240 e. The molecule has 0 aliphatic carbocycles. The van der Waals surface area contributed by atoms with E-state index in [-0.39, 0.29) is 36.2 Å². The lowest BCUT2D eigenvalue weighted by molar-refractivity contribution is -0.132. The topological polar surface area (TPSA) is 78.5 Å². The minimum Gasteiger partial charge on any atom is -0.343 e. The molecule has 0 unspecified atom stereocenters. The highest BCUT2D eigenvalue weighted by Gasteiger charge is 2.22. The maximum atomic E-state index is 12.4. The Morgan fingerprint density at radius 2 is 1.75 bits per heavy atom. The molecular weight excluding hydrogens is 398 g/mol. The first-order valence-electron chi connectivity index (χ1n) is 9.85. The largest absolute Gasteiger partial charge is 0.343 e. The van der Waals surface area contributed by atoms with Crippen molar-refractivity contribution in [2.45, 2.75) is 50.3 Å². The molecule has 1 amide bonds. The molecule has 0 radical (unpaired) electrons. The number of sulfonamides is 1. The average molecular weight is 432 g/mol. The number of hydrogen-bond donors (Lipinski definition) is 2. The number of likely N-dealkylation sites (tertiary alicyclic amines) is 1. The Kier molecular flexibility index (Phi) is 10.4. The highest BCUT2D eigenvalue weighted by molar-refractivity contribution is 7.89. The van der Waals surface area contributed by atoms with Gasteiger partial charge in [0, 0.05) is 26.1 Å². The van der Waals surface area contributed by atoms with Gasteiger partial charge in [-0.15, -0.1) is 12.4 Å². The zero-order chi connectivity index (χ0) is 19.9. The summed E-state index contributed by atoms with van der Waals surface area (Å²) in [6, 6.07) is 6.91. The van der Waals surface area contributed by atoms with Gasteiger partial charge in [0.15, 0.2) is 0 Å². The van der Waals surface area contributed by atoms with Crippen LogP contribution in [0.25, 0.3) is 0 Å². The van der Waals surface area contributed by atoms with Crippen LogP contribution in [-0.2, 0) is 14.8 Å². The molecule has 2 N–H and O–H groups in total. The van der Waals surface area contributed by atoms with Gasteiger partial charge in [0.05, 0.1) is 4.90 Å². The van der Waals surface area contributed by atoms with Gasteiger partial charge >= 0.3 is 0 Å². The molecule has 2 rings (SSSR count). The van der Waals surface area contributed by atoms with Crippen molar-refractivity contribution in [3.05, 3.63) is 29.8 Å². The Morgan fingerprint density at radius 1 is 1.14 bits per heavy atom. The van der Waals surface area contributed by atoms with E-state index in [2.05, 4.69) is 23.9 Å². The minimum absolute atomic E-state index is 0. The van der Waals surface area contributed by atoms with Crippen molar-refractivity contribution in [1.29, 1.82) is 0 Å². The number of rotatable bonds is 9. The molecule has 6 nitrogen and oxygen atoms in total. The molecule has 0 aromatic heterocycles. The second kappa shape index (κ2) is 11.8. The predicted octanol–water partition coefficient (Wildman–Crippen LogP) is 2.75. The molecule has 0 spiro atoms. The summed E-state index contributed by atoms with van der Waals surface area (Å²) in [4.78, 5) is 14.4. The summed E-state index contributed by atoms with van der Waals surface area (Å²) in [6.45, 7) is 6.83. The lowest BCUT2D eigenvalue weighted by Crippen LogP contribution is -2.40. The quantitative estimate of drug-likeness (QED) is 0.630. The van der Waals surface area contributed by atoms with Crippen molar-refractivity contribution in [1.82, 2.24) is 14.9 Å². The van der Waals surface area contributed by atoms with Gasteiger partial charge in [-0.3, -0.25) is 4.79 Å². The smallest absolute Gasteiger partial charge is 0.240 e. The van der Waals surface area contributed by atoms with E-state index in [0.29, 0.717) is 11.8 Å². The maximum absolute atomic E-state index is 12.4. The van der Waals surface area contributed by atoms with Gasteiger partial charge in [0.1, 0.15) is 0 Å². The minimum atomic E-state index is -3.58. The summed E-state index contributed by atoms with van der Waals surface area (Å²) in [5.41, 5.74) is 1.10. The molecule has 1 aliphatic rings. The number of piperidine rings is 1. The Balaban J connectivity index is 0.00000392. The van der Waals surface area contributed by atoms with Gasteiger partial charge in [-0.25, -0.2) is 13.1 Å². The molecular formula is C20H34ClN3O3S. The normalized spacial score (nSPS) is 15.5. The number of carbonyl (C=O) groups is 1. The van der Waals surface area contributed by atoms with Crippen molar-refractivity contribution < 1.29 is 13.2 Å². The average Bonchev–Trinajstić information content (AvgIpc) is 2.66. The zero-order valence-corrected chi connectivity index (χ0v) is 18.7. The number of nitrogens with zero attached hydrogens (tertiary/aromatic N) is 1. The molecule has 8 heteroatoms. The fourth-order valence-electron chi connectivity index (χ4n) is 3.39. The fourth-order valence-corrected chi connectivity index (χ4v) is 4.42. The molecule has 1 saturated heterocycles. The van der Waals surface area contributed by atoms with Crippen LogP contribution in [0.5, 0.6) is 0 Å². The number of amides is 1. The summed E-state index contributed by atoms with van der Waals surface area (Å²) in [6.07, 6.45) is 3.40. The van der Waals surface area contributed by atoms with Crippen molar-refractivity contribution in [2.75, 3.05) is 33.2 Å². The molecule has 0 bridgehead atoms. The van der Waals surface area contributed by atoms with E-state index in [0.717, 1.165) is 44.5 Å². The first-order chi connectivity index (χ1) is 12.8. The van der Waals surface area contributed by atoms with Crippen molar-refractivity contribution in [2.24, 2.45) is 5.92 Å². The Morgan fingerprint density at radius 3 is 2.29 bits per heavy atom. The van der Waals surface area contributed by atoms with E-state index in [9.17, 15) is 13.2 Å². The van der Waals surface area contributed by atoms with Crippen LogP contribution in [0.3, 0.4) is 0 Å². The first-order valence-corrected chi connectivity index (χ1v) is 11.3. The van der Waals surface area contributed by atoms with Crippen LogP contribution in [0, 0.1) is 5.92 Å². The molecule has 0 saturated carbocycles. The predicted molar refractivity (Wildman–Crippen MR) is 115 cm³/mol. The Hall–Kier alpha value is -1.15. The second-order valence-corrected chi connectivity index (χ2v) is 9.35. The van der Waals surface area contributed by atoms with Gasteiger partial charge in [-0.2, -0.15) is 0 Å². The van der Waals surface area contributed by atoms with Crippen LogP contribution in [0.4, 0.5) is 0 Å². The van der Waals surface area contributed by atoms with Crippen molar-refractivity contribution in [3.63, 3.8) is 0 Å². The van der Waals surface area contributed by atoms with Crippen LogP contribution >= 0.6 is 12.4 Å². The third-order valence-electron chi connectivity index (χ3n) is 5.26. The highest BCUT2D eigenvalue weighted by Crippen LogP contribution is 2.20. The van der Waals surface area contributed by atoms with E-state index in [1.807, 2.05) is 24.1 Å². The molecule has 1 heterocycles. The monoisotopic (exact) mass is 431 g/mol. The van der Waals surface area contributed by atoms with E-state index in [1.54, 1.807) is 12.1 Å². The lowest BCUT2D eigenvalue weighted by Gasteiger charge is -2.32. The van der Waals surface area contributed by atoms with Gasteiger partial charge in [0.25, 0.3) is 0 Å². The Bertz CT molecular complexity index is 700. The second-order valence-electron chi connectivity index (χ2n) is 7.59. The summed E-state index contributed by atoms with van der Waals surface area (Å²) in [5.74, 6) is 1.06. The molecule has 160 valence electrons. The third-order valence-corrected chi connectivity index (χ3v) is 6.73. The van der Waals surface area contributed by atoms with E-state index >= 15 is 0 Å². The summed E-state index contributed by atoms with van der Waals surface area (Å²) in [7, 11) is -1.62. The van der Waals surface area contributed by atoms with Crippen LogP contribution in [-0.4, -0.2) is 52.5 Å². The van der Waals surface area contributed by atoms with Crippen LogP contribution in [0.15, 0.2) is 29.2 Å². The van der Waals surface area contributed by atoms with Gasteiger partial charge < -0.3 is 10.2 Å². The van der Waals surface area contributed by atoms with Crippen LogP contribution < -0.4 is 10.0 Å².